The van der Waals surface area contributed by atoms with Gasteiger partial charge in [-0.1, -0.05) is 24.3 Å². The Kier molecular flexibility index (Phi) is 7.84. The number of hydrogen-bond acceptors (Lipinski definition) is 8. The smallest absolute Gasteiger partial charge is 0.267 e. The number of aromatic nitrogens is 2. The van der Waals surface area contributed by atoms with E-state index in [4.69, 9.17) is 9.47 Å². The Bertz CT molecular complexity index is 1240. The molecule has 1 N–H and O–H groups in total. The third-order valence-electron chi connectivity index (χ3n) is 5.53. The second-order valence-electron chi connectivity index (χ2n) is 8.53. The molecule has 35 heavy (non-hydrogen) atoms. The molecule has 2 aromatic heterocycles. The van der Waals surface area contributed by atoms with E-state index in [0.29, 0.717) is 44.3 Å². The third kappa shape index (κ3) is 6.27. The van der Waals surface area contributed by atoms with Crippen LogP contribution in [0.5, 0.6) is 5.88 Å². The average molecular weight is 498 g/mol. The van der Waals surface area contributed by atoms with E-state index < -0.39 is 10.0 Å². The summed E-state index contributed by atoms with van der Waals surface area (Å²) in [6.07, 6.45) is 4.84. The molecule has 1 saturated heterocycles. The molecule has 1 fully saturated rings. The zero-order valence-electron chi connectivity index (χ0n) is 20.3. The quantitative estimate of drug-likeness (QED) is 0.481. The highest BCUT2D eigenvalue weighted by molar-refractivity contribution is 7.92. The number of ether oxygens (including phenoxy) is 2. The Balaban J connectivity index is 1.60. The van der Waals surface area contributed by atoms with E-state index in [1.807, 2.05) is 31.1 Å². The zero-order chi connectivity index (χ0) is 24.8. The van der Waals surface area contributed by atoms with Gasteiger partial charge in [0, 0.05) is 31.4 Å². The van der Waals surface area contributed by atoms with E-state index in [9.17, 15) is 8.42 Å². The van der Waals surface area contributed by atoms with Gasteiger partial charge >= 0.3 is 0 Å². The molecule has 0 amide bonds. The first kappa shape index (κ1) is 24.9. The van der Waals surface area contributed by atoms with Crippen molar-refractivity contribution in [2.45, 2.75) is 18.4 Å². The SMILES string of the molecule is CCOc1ncc(N2CCOCC2)cc1S(=O)(=O)Nc1cncc(-c2ccc(CN(C)C)cc2)c1. The van der Waals surface area contributed by atoms with Crippen LogP contribution in [0.25, 0.3) is 11.1 Å². The van der Waals surface area contributed by atoms with Gasteiger partial charge in [0.1, 0.15) is 0 Å². The summed E-state index contributed by atoms with van der Waals surface area (Å²) in [5.74, 6) is 0.0672. The van der Waals surface area contributed by atoms with Gasteiger partial charge in [-0.3, -0.25) is 9.71 Å². The van der Waals surface area contributed by atoms with Crippen molar-refractivity contribution in [3.05, 3.63) is 60.6 Å². The lowest BCUT2D eigenvalue weighted by molar-refractivity contribution is 0.122. The van der Waals surface area contributed by atoms with Crippen LogP contribution in [0.3, 0.4) is 0 Å². The Hall–Kier alpha value is -3.21. The standard InChI is InChI=1S/C25H31N5O4S/c1-4-34-25-24(14-23(17-27-25)30-9-11-33-12-10-30)35(31,32)28-22-13-21(15-26-16-22)20-7-5-19(6-8-20)18-29(2)3/h5-8,13-17,28H,4,9-12,18H2,1-3H3. The van der Waals surface area contributed by atoms with Crippen molar-refractivity contribution in [3.8, 4) is 17.0 Å². The van der Waals surface area contributed by atoms with Crippen molar-refractivity contribution in [3.63, 3.8) is 0 Å². The minimum absolute atomic E-state index is 0.0122. The number of hydrogen-bond donors (Lipinski definition) is 1. The second kappa shape index (κ2) is 11.0. The molecule has 3 aromatic rings. The minimum Gasteiger partial charge on any atom is -0.477 e. The number of nitrogens with one attached hydrogen (secondary N) is 1. The number of nitrogens with zero attached hydrogens (tertiary/aromatic N) is 4. The van der Waals surface area contributed by atoms with Crippen LogP contribution in [0.1, 0.15) is 12.5 Å². The molecule has 10 heteroatoms. The van der Waals surface area contributed by atoms with E-state index in [2.05, 4.69) is 31.7 Å². The predicted molar refractivity (Wildman–Crippen MR) is 136 cm³/mol. The van der Waals surface area contributed by atoms with Crippen LogP contribution in [0.4, 0.5) is 11.4 Å². The molecule has 0 radical (unpaired) electrons. The number of sulfonamides is 1. The van der Waals surface area contributed by atoms with Crippen LogP contribution in [-0.2, 0) is 21.3 Å². The predicted octanol–water partition coefficient (Wildman–Crippen LogP) is 3.24. The summed E-state index contributed by atoms with van der Waals surface area (Å²) >= 11 is 0. The van der Waals surface area contributed by atoms with E-state index in [1.54, 1.807) is 31.5 Å². The van der Waals surface area contributed by atoms with Crippen molar-refractivity contribution in [1.29, 1.82) is 0 Å². The molecular weight excluding hydrogens is 466 g/mol. The fourth-order valence-corrected chi connectivity index (χ4v) is 5.03. The van der Waals surface area contributed by atoms with Gasteiger partial charge in [0.05, 0.1) is 43.6 Å². The lowest BCUT2D eigenvalue weighted by Crippen LogP contribution is -2.36. The highest BCUT2D eigenvalue weighted by Crippen LogP contribution is 2.30. The van der Waals surface area contributed by atoms with Gasteiger partial charge in [0.15, 0.2) is 4.90 Å². The molecule has 1 aliphatic rings. The topological polar surface area (TPSA) is 96.9 Å². The van der Waals surface area contributed by atoms with Crippen molar-refractivity contribution >= 4 is 21.4 Å². The number of benzene rings is 1. The molecule has 0 aliphatic carbocycles. The third-order valence-corrected chi connectivity index (χ3v) is 6.90. The summed E-state index contributed by atoms with van der Waals surface area (Å²) in [4.78, 5) is 12.7. The first-order valence-corrected chi connectivity index (χ1v) is 13.0. The molecule has 186 valence electrons. The number of rotatable bonds is 9. The summed E-state index contributed by atoms with van der Waals surface area (Å²) < 4.78 is 40.4. The van der Waals surface area contributed by atoms with E-state index in [1.165, 1.54) is 11.8 Å². The summed E-state index contributed by atoms with van der Waals surface area (Å²) in [6.45, 7) is 5.44. The fourth-order valence-electron chi connectivity index (χ4n) is 3.89. The van der Waals surface area contributed by atoms with Crippen LogP contribution in [-0.4, -0.2) is 70.3 Å². The van der Waals surface area contributed by atoms with E-state index in [0.717, 1.165) is 17.7 Å². The first-order chi connectivity index (χ1) is 16.9. The largest absolute Gasteiger partial charge is 0.477 e. The molecule has 9 nitrogen and oxygen atoms in total. The molecule has 0 atom stereocenters. The summed E-state index contributed by atoms with van der Waals surface area (Å²) in [5.41, 5.74) is 4.03. The summed E-state index contributed by atoms with van der Waals surface area (Å²) in [7, 11) is 0.0613. The van der Waals surface area contributed by atoms with Gasteiger partial charge in [-0.15, -0.1) is 0 Å². The second-order valence-corrected chi connectivity index (χ2v) is 10.2. The van der Waals surface area contributed by atoms with Crippen LogP contribution in [0, 0.1) is 0 Å². The van der Waals surface area contributed by atoms with Crippen molar-refractivity contribution in [1.82, 2.24) is 14.9 Å². The fraction of sp³-hybridized carbons (Fsp3) is 0.360. The lowest BCUT2D eigenvalue weighted by Gasteiger charge is -2.29. The molecule has 0 saturated carbocycles. The Morgan fingerprint density at radius 2 is 1.80 bits per heavy atom. The lowest BCUT2D eigenvalue weighted by atomic mass is 10.1. The molecule has 0 spiro atoms. The molecule has 4 rings (SSSR count). The average Bonchev–Trinajstić information content (AvgIpc) is 2.85. The van der Waals surface area contributed by atoms with Crippen LogP contribution in [0.2, 0.25) is 0 Å². The van der Waals surface area contributed by atoms with Crippen molar-refractivity contribution in [2.75, 3.05) is 56.6 Å². The first-order valence-electron chi connectivity index (χ1n) is 11.5. The van der Waals surface area contributed by atoms with Gasteiger partial charge in [0.25, 0.3) is 10.0 Å². The van der Waals surface area contributed by atoms with Gasteiger partial charge in [-0.2, -0.15) is 0 Å². The van der Waals surface area contributed by atoms with Crippen LogP contribution >= 0.6 is 0 Å². The maximum atomic E-state index is 13.4. The van der Waals surface area contributed by atoms with Crippen LogP contribution in [0.15, 0.2) is 59.9 Å². The molecule has 1 aromatic carbocycles. The number of anilines is 2. The Morgan fingerprint density at radius 3 is 2.49 bits per heavy atom. The van der Waals surface area contributed by atoms with E-state index in [-0.39, 0.29) is 10.8 Å². The normalized spacial score (nSPS) is 14.2. The molecule has 3 heterocycles. The maximum absolute atomic E-state index is 13.4. The Morgan fingerprint density at radius 1 is 1.06 bits per heavy atom. The molecule has 0 bridgehead atoms. The van der Waals surface area contributed by atoms with Gasteiger partial charge in [-0.05, 0) is 44.3 Å². The number of morpholine rings is 1. The summed E-state index contributed by atoms with van der Waals surface area (Å²) in [5, 5.41) is 0. The monoisotopic (exact) mass is 497 g/mol. The van der Waals surface area contributed by atoms with Crippen LogP contribution < -0.4 is 14.4 Å². The number of pyridine rings is 2. The van der Waals surface area contributed by atoms with Crippen molar-refractivity contribution in [2.24, 2.45) is 0 Å². The molecule has 0 unspecified atom stereocenters. The highest BCUT2D eigenvalue weighted by atomic mass is 32.2. The molecule has 1 aliphatic heterocycles. The van der Waals surface area contributed by atoms with Gasteiger partial charge in [0.2, 0.25) is 5.88 Å². The Labute approximate surface area is 206 Å². The van der Waals surface area contributed by atoms with Crippen molar-refractivity contribution < 1.29 is 17.9 Å². The maximum Gasteiger partial charge on any atom is 0.267 e. The highest BCUT2D eigenvalue weighted by Gasteiger charge is 2.24. The summed E-state index contributed by atoms with van der Waals surface area (Å²) in [6, 6.07) is 11.5. The zero-order valence-corrected chi connectivity index (χ0v) is 21.1. The van der Waals surface area contributed by atoms with Gasteiger partial charge < -0.3 is 19.3 Å². The molecular formula is C25H31N5O4S. The van der Waals surface area contributed by atoms with Gasteiger partial charge in [-0.25, -0.2) is 13.4 Å². The minimum atomic E-state index is -3.99. The van der Waals surface area contributed by atoms with E-state index >= 15 is 0 Å².